The quantitative estimate of drug-likeness (QED) is 0.818. The lowest BCUT2D eigenvalue weighted by Gasteiger charge is -2.04. The molecule has 1 amide bonds. The minimum atomic E-state index is -0.247. The van der Waals surface area contributed by atoms with Crippen molar-refractivity contribution in [1.29, 1.82) is 0 Å². The van der Waals surface area contributed by atoms with Crippen molar-refractivity contribution in [2.75, 3.05) is 0 Å². The largest absolute Gasteiger partial charge is 0.350 e. The third kappa shape index (κ3) is 3.70. The predicted molar refractivity (Wildman–Crippen MR) is 62.3 cm³/mol. The fourth-order valence-corrected chi connectivity index (χ4v) is 2.25. The zero-order valence-electron chi connectivity index (χ0n) is 7.08. The predicted octanol–water partition coefficient (Wildman–Crippen LogP) is 2.45. The molecule has 0 saturated carbocycles. The molecule has 1 atom stereocenters. The van der Waals surface area contributed by atoms with Gasteiger partial charge in [0.1, 0.15) is 0 Å². The van der Waals surface area contributed by atoms with Crippen molar-refractivity contribution in [3.8, 4) is 0 Å². The molecule has 1 N–H and O–H groups in total. The van der Waals surface area contributed by atoms with Crippen molar-refractivity contribution in [3.05, 3.63) is 20.8 Å². The van der Waals surface area contributed by atoms with Gasteiger partial charge in [-0.05, 0) is 28.9 Å². The summed E-state index contributed by atoms with van der Waals surface area (Å²) in [5.41, 5.74) is 0. The summed E-state index contributed by atoms with van der Waals surface area (Å²) < 4.78 is 1.06. The summed E-state index contributed by atoms with van der Waals surface area (Å²) in [6, 6.07) is 1.99. The fraction of sp³-hybridized carbons (Fsp3) is 0.375. The molecule has 1 aromatic heterocycles. The number of thiol groups is 1. The summed E-state index contributed by atoms with van der Waals surface area (Å²) in [4.78, 5) is 12.3. The first-order valence-electron chi connectivity index (χ1n) is 3.78. The van der Waals surface area contributed by atoms with Crippen molar-refractivity contribution in [3.63, 3.8) is 0 Å². The Kier molecular flexibility index (Phi) is 4.28. The third-order valence-electron chi connectivity index (χ3n) is 1.44. The number of halogens is 1. The fourth-order valence-electron chi connectivity index (χ4n) is 0.768. The maximum absolute atomic E-state index is 11.1. The van der Waals surface area contributed by atoms with Crippen LogP contribution in [0.5, 0.6) is 0 Å². The minimum absolute atomic E-state index is 0.0344. The van der Waals surface area contributed by atoms with Gasteiger partial charge in [-0.25, -0.2) is 0 Å². The van der Waals surface area contributed by atoms with Crippen LogP contribution in [0.4, 0.5) is 0 Å². The van der Waals surface area contributed by atoms with Gasteiger partial charge in [-0.15, -0.1) is 11.3 Å². The van der Waals surface area contributed by atoms with Crippen LogP contribution in [0.1, 0.15) is 11.8 Å². The summed E-state index contributed by atoms with van der Waals surface area (Å²) in [6.45, 7) is 2.34. The van der Waals surface area contributed by atoms with Crippen LogP contribution in [0.15, 0.2) is 15.9 Å². The average molecular weight is 280 g/mol. The number of nitrogens with one attached hydrogen (secondary N) is 1. The number of carbonyl (C=O) groups excluding carboxylic acids is 1. The summed E-state index contributed by atoms with van der Waals surface area (Å²) in [7, 11) is 0. The summed E-state index contributed by atoms with van der Waals surface area (Å²) in [5, 5.41) is 4.53. The first kappa shape index (κ1) is 11.1. The van der Waals surface area contributed by atoms with Gasteiger partial charge < -0.3 is 5.32 Å². The van der Waals surface area contributed by atoms with E-state index in [-0.39, 0.29) is 11.2 Å². The number of rotatable bonds is 3. The Hall–Kier alpha value is -0.0000000000000000833. The Labute approximate surface area is 95.3 Å². The zero-order valence-corrected chi connectivity index (χ0v) is 10.4. The van der Waals surface area contributed by atoms with E-state index in [2.05, 4.69) is 33.9 Å². The first-order chi connectivity index (χ1) is 6.09. The SMILES string of the molecule is CC(S)C(=O)NCc1cc(Br)cs1. The van der Waals surface area contributed by atoms with Gasteiger partial charge in [-0.1, -0.05) is 0 Å². The molecule has 1 aromatic rings. The summed E-state index contributed by atoms with van der Waals surface area (Å²) in [6.07, 6.45) is 0. The average Bonchev–Trinajstić information content (AvgIpc) is 2.47. The highest BCUT2D eigenvalue weighted by atomic mass is 79.9. The van der Waals surface area contributed by atoms with E-state index in [0.717, 1.165) is 9.35 Å². The molecule has 5 heteroatoms. The zero-order chi connectivity index (χ0) is 9.84. The molecule has 2 nitrogen and oxygen atoms in total. The van der Waals surface area contributed by atoms with Gasteiger partial charge >= 0.3 is 0 Å². The van der Waals surface area contributed by atoms with Crippen LogP contribution < -0.4 is 5.32 Å². The van der Waals surface area contributed by atoms with Crippen molar-refractivity contribution in [1.82, 2.24) is 5.32 Å². The Morgan fingerprint density at radius 1 is 1.85 bits per heavy atom. The van der Waals surface area contributed by atoms with Gasteiger partial charge in [0, 0.05) is 14.7 Å². The van der Waals surface area contributed by atoms with E-state index in [1.54, 1.807) is 18.3 Å². The third-order valence-corrected chi connectivity index (χ3v) is 3.37. The Morgan fingerprint density at radius 3 is 3.00 bits per heavy atom. The molecule has 0 saturated heterocycles. The van der Waals surface area contributed by atoms with Crippen molar-refractivity contribution in [2.45, 2.75) is 18.7 Å². The highest BCUT2D eigenvalue weighted by molar-refractivity contribution is 9.10. The van der Waals surface area contributed by atoms with E-state index in [9.17, 15) is 4.79 Å². The van der Waals surface area contributed by atoms with Gasteiger partial charge in [0.05, 0.1) is 11.8 Å². The van der Waals surface area contributed by atoms with Gasteiger partial charge in [-0.3, -0.25) is 4.79 Å². The van der Waals surface area contributed by atoms with E-state index < -0.39 is 0 Å². The molecule has 72 valence electrons. The van der Waals surface area contributed by atoms with Crippen LogP contribution in [0.3, 0.4) is 0 Å². The van der Waals surface area contributed by atoms with Gasteiger partial charge in [-0.2, -0.15) is 12.6 Å². The molecule has 0 aliphatic rings. The van der Waals surface area contributed by atoms with Crippen LogP contribution in [0.2, 0.25) is 0 Å². The number of thiophene rings is 1. The number of hydrogen-bond donors (Lipinski definition) is 2. The van der Waals surface area contributed by atoms with Crippen molar-refractivity contribution in [2.24, 2.45) is 0 Å². The molecule has 0 aliphatic carbocycles. The van der Waals surface area contributed by atoms with Crippen LogP contribution >= 0.6 is 39.9 Å². The van der Waals surface area contributed by atoms with Crippen LogP contribution in [0, 0.1) is 0 Å². The van der Waals surface area contributed by atoms with E-state index in [4.69, 9.17) is 0 Å². The Balaban J connectivity index is 2.39. The van der Waals surface area contributed by atoms with Gasteiger partial charge in [0.25, 0.3) is 0 Å². The minimum Gasteiger partial charge on any atom is -0.350 e. The highest BCUT2D eigenvalue weighted by Gasteiger charge is 2.07. The molecular formula is C8H10BrNOS2. The molecule has 0 spiro atoms. The van der Waals surface area contributed by atoms with Crippen molar-refractivity contribution < 1.29 is 4.79 Å². The van der Waals surface area contributed by atoms with Crippen molar-refractivity contribution >= 4 is 45.8 Å². The van der Waals surface area contributed by atoms with Crippen LogP contribution in [-0.2, 0) is 11.3 Å². The van der Waals surface area contributed by atoms with E-state index in [0.29, 0.717) is 6.54 Å². The second kappa shape index (κ2) is 5.02. The highest BCUT2D eigenvalue weighted by Crippen LogP contribution is 2.19. The number of hydrogen-bond acceptors (Lipinski definition) is 3. The second-order valence-electron chi connectivity index (χ2n) is 2.63. The lowest BCUT2D eigenvalue weighted by Crippen LogP contribution is -2.28. The molecule has 0 fully saturated rings. The van der Waals surface area contributed by atoms with Gasteiger partial charge in [0.2, 0.25) is 5.91 Å². The molecule has 1 heterocycles. The Morgan fingerprint density at radius 2 is 2.54 bits per heavy atom. The lowest BCUT2D eigenvalue weighted by molar-refractivity contribution is -0.120. The summed E-state index contributed by atoms with van der Waals surface area (Å²) >= 11 is 8.99. The van der Waals surface area contributed by atoms with Crippen LogP contribution in [0.25, 0.3) is 0 Å². The number of carbonyl (C=O) groups is 1. The van der Waals surface area contributed by atoms with Gasteiger partial charge in [0.15, 0.2) is 0 Å². The van der Waals surface area contributed by atoms with E-state index in [1.165, 1.54) is 0 Å². The monoisotopic (exact) mass is 279 g/mol. The molecular weight excluding hydrogens is 270 g/mol. The van der Waals surface area contributed by atoms with E-state index in [1.807, 2.05) is 11.4 Å². The second-order valence-corrected chi connectivity index (χ2v) is 5.31. The standard InChI is InChI=1S/C8H10BrNOS2/c1-5(12)8(11)10-3-7-2-6(9)4-13-7/h2,4-5,12H,3H2,1H3,(H,10,11). The molecule has 0 radical (unpaired) electrons. The maximum atomic E-state index is 11.1. The summed E-state index contributed by atoms with van der Waals surface area (Å²) in [5.74, 6) is -0.0344. The maximum Gasteiger partial charge on any atom is 0.232 e. The lowest BCUT2D eigenvalue weighted by atomic mass is 10.4. The molecule has 0 bridgehead atoms. The number of amides is 1. The van der Waals surface area contributed by atoms with Crippen LogP contribution in [-0.4, -0.2) is 11.2 Å². The molecule has 0 aliphatic heterocycles. The smallest absolute Gasteiger partial charge is 0.232 e. The first-order valence-corrected chi connectivity index (χ1v) is 5.97. The molecule has 13 heavy (non-hydrogen) atoms. The van der Waals surface area contributed by atoms with E-state index >= 15 is 0 Å². The normalized spacial score (nSPS) is 12.5. The topological polar surface area (TPSA) is 29.1 Å². The Bertz CT molecular complexity index is 298. The molecule has 1 unspecified atom stereocenters. The molecule has 0 aromatic carbocycles. The molecule has 1 rings (SSSR count).